The van der Waals surface area contributed by atoms with E-state index < -0.39 is 0 Å². The summed E-state index contributed by atoms with van der Waals surface area (Å²) in [4.78, 5) is 18.3. The molecule has 8 heteroatoms. The van der Waals surface area contributed by atoms with E-state index in [9.17, 15) is 4.79 Å². The fourth-order valence-corrected chi connectivity index (χ4v) is 3.16. The number of halogens is 2. The number of carbonyl (C=O) groups is 1. The second kappa shape index (κ2) is 12.8. The Morgan fingerprint density at radius 1 is 1.39 bits per heavy atom. The summed E-state index contributed by atoms with van der Waals surface area (Å²) in [5.74, 6) is 0.956. The highest BCUT2D eigenvalue weighted by Crippen LogP contribution is 2.12. The molecule has 0 spiro atoms. The van der Waals surface area contributed by atoms with Gasteiger partial charge in [0.25, 0.3) is 0 Å². The van der Waals surface area contributed by atoms with Crippen LogP contribution in [-0.2, 0) is 4.79 Å². The molecule has 0 saturated carbocycles. The van der Waals surface area contributed by atoms with Crippen molar-refractivity contribution in [3.8, 4) is 0 Å². The predicted octanol–water partition coefficient (Wildman–Crippen LogP) is 1.82. The Balaban J connectivity index is 0.00000242. The van der Waals surface area contributed by atoms with Crippen LogP contribution < -0.4 is 10.6 Å². The Kier molecular flexibility index (Phi) is 12.5. The molecule has 1 fully saturated rings. The molecule has 0 aromatic carbocycles. The largest absolute Gasteiger partial charge is 0.354 e. The molecular weight excluding hydrogens is 355 g/mol. The summed E-state index contributed by atoms with van der Waals surface area (Å²) in [6.45, 7) is 3.27. The molecule has 23 heavy (non-hydrogen) atoms. The van der Waals surface area contributed by atoms with Crippen molar-refractivity contribution in [1.29, 1.82) is 0 Å². The number of hydrogen-bond donors (Lipinski definition) is 2. The predicted molar refractivity (Wildman–Crippen MR) is 101 cm³/mol. The van der Waals surface area contributed by atoms with Gasteiger partial charge in [0.15, 0.2) is 0 Å². The smallest absolute Gasteiger partial charge is 0.234 e. The summed E-state index contributed by atoms with van der Waals surface area (Å²) in [5, 5.41) is 7.32. The lowest BCUT2D eigenvalue weighted by Crippen LogP contribution is -2.45. The standard InChI is InChI=1S/C15H24N4OS.2ClH/c1-19(13-5-8-16-9-6-13)12-14(20)17-10-11-21-15-4-2-3-7-18-15;;/h2-4,7,13,16H,5-6,8-12H2,1H3,(H,17,20);2*1H. The quantitative estimate of drug-likeness (QED) is 0.558. The van der Waals surface area contributed by atoms with Gasteiger partial charge in [-0.25, -0.2) is 4.98 Å². The molecule has 1 aromatic heterocycles. The first kappa shape index (κ1) is 22.5. The van der Waals surface area contributed by atoms with Crippen LogP contribution in [-0.4, -0.2) is 60.8 Å². The molecule has 1 aliphatic heterocycles. The second-order valence-electron chi connectivity index (χ2n) is 5.26. The molecule has 2 heterocycles. The van der Waals surface area contributed by atoms with Crippen molar-refractivity contribution < 1.29 is 4.79 Å². The second-order valence-corrected chi connectivity index (χ2v) is 6.38. The van der Waals surface area contributed by atoms with E-state index in [0.717, 1.165) is 36.7 Å². The van der Waals surface area contributed by atoms with E-state index >= 15 is 0 Å². The zero-order valence-corrected chi connectivity index (χ0v) is 15.8. The maximum Gasteiger partial charge on any atom is 0.234 e. The molecule has 1 saturated heterocycles. The lowest BCUT2D eigenvalue weighted by Gasteiger charge is -2.31. The van der Waals surface area contributed by atoms with Crippen molar-refractivity contribution in [2.45, 2.75) is 23.9 Å². The molecule has 132 valence electrons. The first-order valence-corrected chi connectivity index (χ1v) is 8.46. The molecule has 1 aromatic rings. The molecular formula is C15H26Cl2N4OS. The van der Waals surface area contributed by atoms with Crippen molar-refractivity contribution in [2.75, 3.05) is 39.0 Å². The third-order valence-electron chi connectivity index (χ3n) is 3.64. The van der Waals surface area contributed by atoms with Gasteiger partial charge in [0.05, 0.1) is 11.6 Å². The van der Waals surface area contributed by atoms with Gasteiger partial charge in [0, 0.05) is 24.5 Å². The number of carbonyl (C=O) groups excluding carboxylic acids is 1. The van der Waals surface area contributed by atoms with Gasteiger partial charge in [-0.05, 0) is 45.1 Å². The van der Waals surface area contributed by atoms with Crippen LogP contribution in [0.3, 0.4) is 0 Å². The highest BCUT2D eigenvalue weighted by Gasteiger charge is 2.19. The van der Waals surface area contributed by atoms with Gasteiger partial charge in [0.2, 0.25) is 5.91 Å². The number of aromatic nitrogens is 1. The summed E-state index contributed by atoms with van der Waals surface area (Å²) in [5.41, 5.74) is 0. The summed E-state index contributed by atoms with van der Waals surface area (Å²) in [6.07, 6.45) is 4.04. The van der Waals surface area contributed by atoms with E-state index in [1.807, 2.05) is 25.2 Å². The van der Waals surface area contributed by atoms with Gasteiger partial charge < -0.3 is 10.6 Å². The number of nitrogens with one attached hydrogen (secondary N) is 2. The third kappa shape index (κ3) is 8.77. The Morgan fingerprint density at radius 3 is 2.78 bits per heavy atom. The maximum absolute atomic E-state index is 11.9. The molecule has 1 amide bonds. The summed E-state index contributed by atoms with van der Waals surface area (Å²) in [7, 11) is 2.04. The average molecular weight is 381 g/mol. The first-order valence-electron chi connectivity index (χ1n) is 7.47. The number of thioether (sulfide) groups is 1. The van der Waals surface area contributed by atoms with Gasteiger partial charge in [-0.3, -0.25) is 9.69 Å². The maximum atomic E-state index is 11.9. The van der Waals surface area contributed by atoms with Gasteiger partial charge in [-0.2, -0.15) is 0 Å². The minimum Gasteiger partial charge on any atom is -0.354 e. The lowest BCUT2D eigenvalue weighted by molar-refractivity contribution is -0.122. The third-order valence-corrected chi connectivity index (χ3v) is 4.58. The van der Waals surface area contributed by atoms with Crippen molar-refractivity contribution in [2.24, 2.45) is 0 Å². The normalized spacial score (nSPS) is 14.7. The van der Waals surface area contributed by atoms with E-state index in [1.54, 1.807) is 18.0 Å². The zero-order valence-electron chi connectivity index (χ0n) is 13.4. The van der Waals surface area contributed by atoms with Crippen LogP contribution in [0, 0.1) is 0 Å². The highest BCUT2D eigenvalue weighted by molar-refractivity contribution is 7.99. The lowest BCUT2D eigenvalue weighted by atomic mass is 10.1. The number of amides is 1. The van der Waals surface area contributed by atoms with E-state index in [0.29, 0.717) is 19.1 Å². The van der Waals surface area contributed by atoms with Crippen LogP contribution in [0.4, 0.5) is 0 Å². The molecule has 1 aliphatic rings. The average Bonchev–Trinajstić information content (AvgIpc) is 2.53. The summed E-state index contributed by atoms with van der Waals surface area (Å²) in [6, 6.07) is 6.39. The van der Waals surface area contributed by atoms with Gasteiger partial charge in [-0.15, -0.1) is 36.6 Å². The number of hydrogen-bond acceptors (Lipinski definition) is 5. The summed E-state index contributed by atoms with van der Waals surface area (Å²) >= 11 is 1.66. The van der Waals surface area contributed by atoms with Gasteiger partial charge in [-0.1, -0.05) is 6.07 Å². The Hall–Kier alpha value is -0.530. The van der Waals surface area contributed by atoms with Crippen molar-refractivity contribution >= 4 is 42.5 Å². The minimum atomic E-state index is 0. The SMILES string of the molecule is CN(CC(=O)NCCSc1ccccn1)C1CCNCC1.Cl.Cl. The topological polar surface area (TPSA) is 57.3 Å². The monoisotopic (exact) mass is 380 g/mol. The van der Waals surface area contributed by atoms with E-state index in [2.05, 4.69) is 20.5 Å². The number of nitrogens with zero attached hydrogens (tertiary/aromatic N) is 2. The fraction of sp³-hybridized carbons (Fsp3) is 0.600. The molecule has 2 rings (SSSR count). The summed E-state index contributed by atoms with van der Waals surface area (Å²) < 4.78 is 0. The molecule has 0 bridgehead atoms. The number of likely N-dealkylation sites (N-methyl/N-ethyl adjacent to an activating group) is 1. The fourth-order valence-electron chi connectivity index (χ4n) is 2.44. The van der Waals surface area contributed by atoms with Gasteiger partial charge in [0.1, 0.15) is 0 Å². The minimum absolute atomic E-state index is 0. The number of piperidine rings is 1. The molecule has 0 aliphatic carbocycles. The molecule has 0 radical (unpaired) electrons. The van der Waals surface area contributed by atoms with Crippen molar-refractivity contribution in [3.63, 3.8) is 0 Å². The van der Waals surface area contributed by atoms with Crippen molar-refractivity contribution in [1.82, 2.24) is 20.5 Å². The van der Waals surface area contributed by atoms with Crippen LogP contribution in [0.1, 0.15) is 12.8 Å². The molecule has 0 unspecified atom stereocenters. The highest BCUT2D eigenvalue weighted by atomic mass is 35.5. The Morgan fingerprint density at radius 2 is 2.13 bits per heavy atom. The number of rotatable bonds is 7. The van der Waals surface area contributed by atoms with Crippen LogP contribution in [0.25, 0.3) is 0 Å². The van der Waals surface area contributed by atoms with Crippen LogP contribution >= 0.6 is 36.6 Å². The van der Waals surface area contributed by atoms with Crippen LogP contribution in [0.5, 0.6) is 0 Å². The first-order chi connectivity index (χ1) is 10.3. The molecule has 5 nitrogen and oxygen atoms in total. The number of pyridine rings is 1. The van der Waals surface area contributed by atoms with Gasteiger partial charge >= 0.3 is 0 Å². The van der Waals surface area contributed by atoms with Crippen LogP contribution in [0.15, 0.2) is 29.4 Å². The Bertz CT molecular complexity index is 433. The van der Waals surface area contributed by atoms with E-state index in [-0.39, 0.29) is 30.7 Å². The molecule has 2 N–H and O–H groups in total. The van der Waals surface area contributed by atoms with E-state index in [1.165, 1.54) is 0 Å². The zero-order chi connectivity index (χ0) is 14.9. The van der Waals surface area contributed by atoms with Crippen LogP contribution in [0.2, 0.25) is 0 Å². The molecule has 0 atom stereocenters. The van der Waals surface area contributed by atoms with E-state index in [4.69, 9.17) is 0 Å². The van der Waals surface area contributed by atoms with Crippen molar-refractivity contribution in [3.05, 3.63) is 24.4 Å². The Labute approximate surface area is 155 Å².